The minimum atomic E-state index is 0.307. The van der Waals surface area contributed by atoms with Crippen LogP contribution in [0.25, 0.3) is 0 Å². The van der Waals surface area contributed by atoms with Crippen LogP contribution >= 0.6 is 0 Å². The van der Waals surface area contributed by atoms with Gasteiger partial charge in [-0.2, -0.15) is 0 Å². The van der Waals surface area contributed by atoms with Gasteiger partial charge < -0.3 is 5.32 Å². The maximum Gasteiger partial charge on any atom is 0.0756 e. The minimum Gasteiger partial charge on any atom is -0.312 e. The second-order valence-corrected chi connectivity index (χ2v) is 6.08. The van der Waals surface area contributed by atoms with Crippen molar-refractivity contribution in [3.8, 4) is 0 Å². The summed E-state index contributed by atoms with van der Waals surface area (Å²) in [6.07, 6.45) is 7.66. The molecule has 96 valence electrons. The summed E-state index contributed by atoms with van der Waals surface area (Å²) >= 11 is 0. The van der Waals surface area contributed by atoms with Crippen molar-refractivity contribution in [3.63, 3.8) is 0 Å². The Morgan fingerprint density at radius 2 is 2.00 bits per heavy atom. The highest BCUT2D eigenvalue weighted by Gasteiger charge is 2.19. The first kappa shape index (κ1) is 14.1. The zero-order chi connectivity index (χ0) is 12.9. The predicted octanol–water partition coefficient (Wildman–Crippen LogP) is 3.20. The van der Waals surface area contributed by atoms with Crippen molar-refractivity contribution < 1.29 is 0 Å². The van der Waals surface area contributed by atoms with Gasteiger partial charge in [-0.25, -0.2) is 0 Å². The van der Waals surface area contributed by atoms with E-state index in [2.05, 4.69) is 43.0 Å². The van der Waals surface area contributed by atoms with Gasteiger partial charge in [-0.3, -0.25) is 9.97 Å². The first-order valence-electron chi connectivity index (χ1n) is 6.35. The minimum absolute atomic E-state index is 0.307. The van der Waals surface area contributed by atoms with E-state index >= 15 is 0 Å². The summed E-state index contributed by atoms with van der Waals surface area (Å²) in [7, 11) is 1.99. The van der Waals surface area contributed by atoms with Gasteiger partial charge in [-0.15, -0.1) is 0 Å². The highest BCUT2D eigenvalue weighted by atomic mass is 14.9. The van der Waals surface area contributed by atoms with E-state index in [1.807, 2.05) is 13.2 Å². The summed E-state index contributed by atoms with van der Waals surface area (Å²) in [5, 5.41) is 3.33. The molecule has 0 aliphatic heterocycles. The van der Waals surface area contributed by atoms with E-state index in [0.717, 1.165) is 12.1 Å². The molecule has 0 aromatic carbocycles. The molecular weight excluding hydrogens is 210 g/mol. The molecule has 1 rings (SSSR count). The average Bonchev–Trinajstić information content (AvgIpc) is 2.24. The quantitative estimate of drug-likeness (QED) is 0.851. The largest absolute Gasteiger partial charge is 0.312 e. The van der Waals surface area contributed by atoms with E-state index in [1.165, 1.54) is 6.42 Å². The van der Waals surface area contributed by atoms with Crippen LogP contribution in [0.1, 0.15) is 52.3 Å². The lowest BCUT2D eigenvalue weighted by Gasteiger charge is -2.26. The van der Waals surface area contributed by atoms with Crippen LogP contribution in [0.5, 0.6) is 0 Å². The Balaban J connectivity index is 2.59. The predicted molar refractivity (Wildman–Crippen MR) is 71.7 cm³/mol. The zero-order valence-corrected chi connectivity index (χ0v) is 11.7. The van der Waals surface area contributed by atoms with Crippen molar-refractivity contribution in [2.45, 2.75) is 46.6 Å². The van der Waals surface area contributed by atoms with Crippen LogP contribution in [-0.4, -0.2) is 17.0 Å². The Hall–Kier alpha value is -0.960. The van der Waals surface area contributed by atoms with Gasteiger partial charge in [0.05, 0.1) is 11.7 Å². The second kappa shape index (κ2) is 6.10. The maximum absolute atomic E-state index is 4.37. The topological polar surface area (TPSA) is 37.8 Å². The Kier molecular flexibility index (Phi) is 5.06. The Bertz CT molecular complexity index is 316. The molecule has 0 aliphatic rings. The molecule has 1 N–H and O–H groups in total. The summed E-state index contributed by atoms with van der Waals surface area (Å²) in [4.78, 5) is 8.51. The van der Waals surface area contributed by atoms with Crippen LogP contribution in [0.15, 0.2) is 18.6 Å². The molecular formula is C14H25N3. The van der Waals surface area contributed by atoms with Gasteiger partial charge in [-0.05, 0) is 31.2 Å². The van der Waals surface area contributed by atoms with Gasteiger partial charge in [0.2, 0.25) is 0 Å². The van der Waals surface area contributed by atoms with E-state index in [1.54, 1.807) is 12.4 Å². The van der Waals surface area contributed by atoms with Crippen molar-refractivity contribution in [1.82, 2.24) is 15.3 Å². The molecule has 0 saturated heterocycles. The average molecular weight is 235 g/mol. The highest BCUT2D eigenvalue weighted by molar-refractivity contribution is 5.02. The van der Waals surface area contributed by atoms with Crippen molar-refractivity contribution in [2.75, 3.05) is 7.05 Å². The van der Waals surface area contributed by atoms with Gasteiger partial charge in [0.15, 0.2) is 0 Å². The van der Waals surface area contributed by atoms with E-state index in [0.29, 0.717) is 17.4 Å². The Labute approximate surface area is 105 Å². The number of hydrogen-bond donors (Lipinski definition) is 1. The highest BCUT2D eigenvalue weighted by Crippen LogP contribution is 2.29. The van der Waals surface area contributed by atoms with Crippen LogP contribution in [0.3, 0.4) is 0 Å². The normalized spacial score (nSPS) is 15.6. The number of aromatic nitrogens is 2. The number of hydrogen-bond acceptors (Lipinski definition) is 3. The summed E-state index contributed by atoms with van der Waals surface area (Å²) in [6, 6.07) is 0.307. The third kappa shape index (κ3) is 5.26. The molecule has 0 amide bonds. The molecule has 1 aromatic rings. The molecule has 0 saturated carbocycles. The monoisotopic (exact) mass is 235 g/mol. The van der Waals surface area contributed by atoms with Gasteiger partial charge in [0, 0.05) is 18.6 Å². The van der Waals surface area contributed by atoms with E-state index in [9.17, 15) is 0 Å². The maximum atomic E-state index is 4.37. The number of rotatable bonds is 5. The van der Waals surface area contributed by atoms with Crippen LogP contribution in [0, 0.1) is 11.3 Å². The number of nitrogens with zero attached hydrogens (tertiary/aromatic N) is 2. The van der Waals surface area contributed by atoms with Crippen molar-refractivity contribution in [3.05, 3.63) is 24.3 Å². The van der Waals surface area contributed by atoms with Crippen LogP contribution in [-0.2, 0) is 0 Å². The molecule has 2 atom stereocenters. The smallest absolute Gasteiger partial charge is 0.0756 e. The molecule has 1 aromatic heterocycles. The SMILES string of the molecule is CNC(CC(C)CC(C)(C)C)c1cnccn1. The molecule has 2 unspecified atom stereocenters. The van der Waals surface area contributed by atoms with E-state index in [4.69, 9.17) is 0 Å². The van der Waals surface area contributed by atoms with Crippen molar-refractivity contribution >= 4 is 0 Å². The summed E-state index contributed by atoms with van der Waals surface area (Å²) in [6.45, 7) is 9.19. The van der Waals surface area contributed by atoms with Crippen LogP contribution in [0.2, 0.25) is 0 Å². The molecule has 3 heteroatoms. The summed E-state index contributed by atoms with van der Waals surface area (Å²) in [5.41, 5.74) is 1.43. The van der Waals surface area contributed by atoms with Crippen LogP contribution < -0.4 is 5.32 Å². The summed E-state index contributed by atoms with van der Waals surface area (Å²) < 4.78 is 0. The molecule has 0 aliphatic carbocycles. The molecule has 3 nitrogen and oxygen atoms in total. The summed E-state index contributed by atoms with van der Waals surface area (Å²) in [5.74, 6) is 0.675. The standard InChI is InChI=1S/C14H25N3/c1-11(9-14(2,3)4)8-12(15-5)13-10-16-6-7-17-13/h6-7,10-12,15H,8-9H2,1-5H3. The first-order valence-corrected chi connectivity index (χ1v) is 6.35. The van der Waals surface area contributed by atoms with Crippen LogP contribution in [0.4, 0.5) is 0 Å². The van der Waals surface area contributed by atoms with Crippen molar-refractivity contribution in [1.29, 1.82) is 0 Å². The first-order chi connectivity index (χ1) is 7.92. The molecule has 0 fully saturated rings. The van der Waals surface area contributed by atoms with Gasteiger partial charge in [0.1, 0.15) is 0 Å². The van der Waals surface area contributed by atoms with Crippen molar-refractivity contribution in [2.24, 2.45) is 11.3 Å². The molecule has 1 heterocycles. The third-order valence-electron chi connectivity index (χ3n) is 2.89. The lowest BCUT2D eigenvalue weighted by molar-refractivity contribution is 0.277. The molecule has 0 bridgehead atoms. The molecule has 17 heavy (non-hydrogen) atoms. The lowest BCUT2D eigenvalue weighted by Crippen LogP contribution is -2.22. The Morgan fingerprint density at radius 1 is 1.29 bits per heavy atom. The van der Waals surface area contributed by atoms with Gasteiger partial charge in [0.25, 0.3) is 0 Å². The third-order valence-corrected chi connectivity index (χ3v) is 2.89. The second-order valence-electron chi connectivity index (χ2n) is 6.08. The van der Waals surface area contributed by atoms with Gasteiger partial charge in [-0.1, -0.05) is 27.7 Å². The number of nitrogens with one attached hydrogen (secondary N) is 1. The fraction of sp³-hybridized carbons (Fsp3) is 0.714. The molecule has 0 radical (unpaired) electrons. The van der Waals surface area contributed by atoms with E-state index < -0.39 is 0 Å². The fourth-order valence-electron chi connectivity index (χ4n) is 2.41. The lowest BCUT2D eigenvalue weighted by atomic mass is 9.82. The Morgan fingerprint density at radius 3 is 2.47 bits per heavy atom. The fourth-order valence-corrected chi connectivity index (χ4v) is 2.41. The van der Waals surface area contributed by atoms with E-state index in [-0.39, 0.29) is 0 Å². The zero-order valence-electron chi connectivity index (χ0n) is 11.7. The van der Waals surface area contributed by atoms with Gasteiger partial charge >= 0.3 is 0 Å². The molecule has 0 spiro atoms.